The summed E-state index contributed by atoms with van der Waals surface area (Å²) in [4.78, 5) is 2.20. The van der Waals surface area contributed by atoms with Crippen molar-refractivity contribution in [3.8, 4) is 0 Å². The molecule has 114 valence electrons. The average Bonchev–Trinajstić information content (AvgIpc) is 2.92. The van der Waals surface area contributed by atoms with Crippen molar-refractivity contribution >= 4 is 45.2 Å². The van der Waals surface area contributed by atoms with Crippen molar-refractivity contribution in [3.05, 3.63) is 3.95 Å². The summed E-state index contributed by atoms with van der Waals surface area (Å²) in [5.74, 6) is 0.566. The Balaban J connectivity index is 2.13. The second-order valence-corrected chi connectivity index (χ2v) is 9.75. The monoisotopic (exact) mass is 353 g/mol. The van der Waals surface area contributed by atoms with Gasteiger partial charge in [-0.05, 0) is 37.9 Å². The highest BCUT2D eigenvalue weighted by atomic mass is 32.2. The molecule has 0 aromatic carbocycles. The van der Waals surface area contributed by atoms with Gasteiger partial charge in [-0.2, -0.15) is 5.10 Å². The van der Waals surface area contributed by atoms with Crippen LogP contribution in [0.5, 0.6) is 0 Å². The molecular formula is C11H19N3O2S4. The Morgan fingerprint density at radius 2 is 2.35 bits per heavy atom. The molecule has 0 bridgehead atoms. The Hall–Kier alpha value is 0.0400. The van der Waals surface area contributed by atoms with Crippen LogP contribution in [0.25, 0.3) is 0 Å². The quantitative estimate of drug-likeness (QED) is 0.577. The summed E-state index contributed by atoms with van der Waals surface area (Å²) in [5.41, 5.74) is 0. The molecule has 0 spiro atoms. The maximum atomic E-state index is 11.6. The first-order valence-corrected chi connectivity index (χ1v) is 10.8. The highest BCUT2D eigenvalue weighted by Crippen LogP contribution is 2.22. The van der Waals surface area contributed by atoms with E-state index in [0.717, 1.165) is 27.7 Å². The lowest BCUT2D eigenvalue weighted by Crippen LogP contribution is -2.38. The Kier molecular flexibility index (Phi) is 5.63. The third kappa shape index (κ3) is 4.03. The van der Waals surface area contributed by atoms with Crippen molar-refractivity contribution in [2.24, 2.45) is 0 Å². The number of rotatable bonds is 6. The van der Waals surface area contributed by atoms with E-state index in [-0.39, 0.29) is 11.8 Å². The fraction of sp³-hybridized carbons (Fsp3) is 0.818. The topological polar surface area (TPSA) is 55.2 Å². The largest absolute Gasteiger partial charge is 0.280 e. The van der Waals surface area contributed by atoms with Gasteiger partial charge in [0.2, 0.25) is 0 Å². The molecule has 0 aliphatic carbocycles. The number of hydrogen-bond donors (Lipinski definition) is 0. The van der Waals surface area contributed by atoms with E-state index < -0.39 is 9.84 Å². The lowest BCUT2D eigenvalue weighted by molar-refractivity contribution is 0.155. The zero-order valence-corrected chi connectivity index (χ0v) is 14.9. The van der Waals surface area contributed by atoms with Crippen LogP contribution in [0.3, 0.4) is 0 Å². The molecule has 9 heteroatoms. The highest BCUT2D eigenvalue weighted by Gasteiger charge is 2.32. The smallest absolute Gasteiger partial charge is 0.181 e. The molecule has 5 nitrogen and oxygen atoms in total. The Labute approximate surface area is 133 Å². The van der Waals surface area contributed by atoms with Gasteiger partial charge < -0.3 is 0 Å². The van der Waals surface area contributed by atoms with E-state index in [1.807, 2.05) is 10.9 Å². The zero-order chi connectivity index (χ0) is 14.8. The Morgan fingerprint density at radius 3 is 2.85 bits per heavy atom. The summed E-state index contributed by atoms with van der Waals surface area (Å²) in [6, 6.07) is 0.0984. The summed E-state index contributed by atoms with van der Waals surface area (Å²) in [5, 5.41) is 4.46. The van der Waals surface area contributed by atoms with Crippen LogP contribution < -0.4 is 0 Å². The molecule has 0 radical (unpaired) electrons. The van der Waals surface area contributed by atoms with Gasteiger partial charge in [0, 0.05) is 6.04 Å². The molecule has 1 saturated heterocycles. The molecule has 0 saturated carbocycles. The van der Waals surface area contributed by atoms with Crippen molar-refractivity contribution in [1.82, 2.24) is 14.7 Å². The van der Waals surface area contributed by atoms with Crippen LogP contribution in [0.15, 0.2) is 4.34 Å². The van der Waals surface area contributed by atoms with Crippen LogP contribution in [0.4, 0.5) is 0 Å². The summed E-state index contributed by atoms with van der Waals surface area (Å²) in [6.45, 7) is 3.56. The van der Waals surface area contributed by atoms with Crippen LogP contribution in [0, 0.1) is 3.95 Å². The second kappa shape index (κ2) is 6.87. The molecule has 0 amide bonds. The molecule has 2 heterocycles. The predicted octanol–water partition coefficient (Wildman–Crippen LogP) is 2.25. The van der Waals surface area contributed by atoms with Crippen molar-refractivity contribution in [2.45, 2.75) is 36.8 Å². The standard InChI is InChI=1S/C11H19N3O2S4/c1-3-5-13(9-4-6-20(15,16)7-9)8-14-11(17)19-10(12-14)18-2/h9H,3-8H2,1-2H3. The maximum absolute atomic E-state index is 11.6. The van der Waals surface area contributed by atoms with Crippen LogP contribution in [0.2, 0.25) is 0 Å². The van der Waals surface area contributed by atoms with Crippen LogP contribution >= 0.6 is 35.3 Å². The van der Waals surface area contributed by atoms with Gasteiger partial charge in [-0.3, -0.25) is 4.90 Å². The second-order valence-electron chi connectivity index (χ2n) is 4.85. The SMILES string of the molecule is CCCN(Cn1nc(SC)sc1=S)C1CCS(=O)(=O)C1. The van der Waals surface area contributed by atoms with E-state index in [1.54, 1.807) is 11.8 Å². The summed E-state index contributed by atoms with van der Waals surface area (Å²) >= 11 is 8.41. The maximum Gasteiger partial charge on any atom is 0.181 e. The van der Waals surface area contributed by atoms with Gasteiger partial charge in [0.15, 0.2) is 18.1 Å². The predicted molar refractivity (Wildman–Crippen MR) is 86.8 cm³/mol. The summed E-state index contributed by atoms with van der Waals surface area (Å²) in [6.07, 6.45) is 3.68. The van der Waals surface area contributed by atoms with Crippen molar-refractivity contribution in [3.63, 3.8) is 0 Å². The van der Waals surface area contributed by atoms with E-state index in [2.05, 4.69) is 16.9 Å². The summed E-state index contributed by atoms with van der Waals surface area (Å²) in [7, 11) is -2.86. The molecule has 1 aromatic rings. The van der Waals surface area contributed by atoms with E-state index in [4.69, 9.17) is 12.2 Å². The third-order valence-corrected chi connectivity index (χ3v) is 7.35. The Morgan fingerprint density at radius 1 is 1.60 bits per heavy atom. The fourth-order valence-electron chi connectivity index (χ4n) is 2.35. The first-order chi connectivity index (χ1) is 9.45. The lowest BCUT2D eigenvalue weighted by Gasteiger charge is -2.27. The average molecular weight is 354 g/mol. The van der Waals surface area contributed by atoms with Gasteiger partial charge in [-0.15, -0.1) is 0 Å². The third-order valence-electron chi connectivity index (χ3n) is 3.31. The molecule has 0 N–H and O–H groups in total. The lowest BCUT2D eigenvalue weighted by atomic mass is 10.2. The number of aromatic nitrogens is 2. The van der Waals surface area contributed by atoms with Gasteiger partial charge in [-0.25, -0.2) is 13.1 Å². The molecule has 1 fully saturated rings. The minimum Gasteiger partial charge on any atom is -0.280 e. The van der Waals surface area contributed by atoms with Gasteiger partial charge in [0.05, 0.1) is 18.2 Å². The molecule has 20 heavy (non-hydrogen) atoms. The van der Waals surface area contributed by atoms with Gasteiger partial charge in [-0.1, -0.05) is 30.0 Å². The van der Waals surface area contributed by atoms with Crippen LogP contribution in [-0.2, 0) is 16.5 Å². The van der Waals surface area contributed by atoms with E-state index in [0.29, 0.717) is 12.4 Å². The first kappa shape index (κ1) is 16.4. The normalized spacial score (nSPS) is 21.6. The van der Waals surface area contributed by atoms with Gasteiger partial charge >= 0.3 is 0 Å². The Bertz CT molecular complexity index is 607. The van der Waals surface area contributed by atoms with E-state index >= 15 is 0 Å². The van der Waals surface area contributed by atoms with Gasteiger partial charge in [0.25, 0.3) is 0 Å². The van der Waals surface area contributed by atoms with Crippen LogP contribution in [-0.4, -0.2) is 53.4 Å². The molecule has 1 aromatic heterocycles. The number of thioether (sulfide) groups is 1. The van der Waals surface area contributed by atoms with Crippen molar-refractivity contribution < 1.29 is 8.42 Å². The molecular weight excluding hydrogens is 334 g/mol. The fourth-order valence-corrected chi connectivity index (χ4v) is 5.85. The number of nitrogens with zero attached hydrogens (tertiary/aromatic N) is 3. The van der Waals surface area contributed by atoms with Gasteiger partial charge in [0.1, 0.15) is 0 Å². The number of sulfone groups is 1. The molecule has 1 atom stereocenters. The van der Waals surface area contributed by atoms with E-state index in [1.165, 1.54) is 11.3 Å². The van der Waals surface area contributed by atoms with Crippen molar-refractivity contribution in [2.75, 3.05) is 24.3 Å². The minimum absolute atomic E-state index is 0.0984. The zero-order valence-electron chi connectivity index (χ0n) is 11.6. The molecule has 1 unspecified atom stereocenters. The highest BCUT2D eigenvalue weighted by molar-refractivity contribution is 8.00. The van der Waals surface area contributed by atoms with E-state index in [9.17, 15) is 8.42 Å². The number of hydrogen-bond acceptors (Lipinski definition) is 7. The van der Waals surface area contributed by atoms with Crippen molar-refractivity contribution in [1.29, 1.82) is 0 Å². The van der Waals surface area contributed by atoms with Crippen LogP contribution in [0.1, 0.15) is 19.8 Å². The summed E-state index contributed by atoms with van der Waals surface area (Å²) < 4.78 is 26.8. The first-order valence-electron chi connectivity index (χ1n) is 6.51. The molecule has 1 aliphatic rings. The molecule has 1 aliphatic heterocycles. The minimum atomic E-state index is -2.86. The molecule has 2 rings (SSSR count).